The molecular weight excluding hydrogens is 322 g/mol. The second-order valence-electron chi connectivity index (χ2n) is 5.77. The molecule has 0 bridgehead atoms. The van der Waals surface area contributed by atoms with E-state index in [0.29, 0.717) is 11.3 Å². The van der Waals surface area contributed by atoms with Gasteiger partial charge in [-0.1, -0.05) is 24.3 Å². The third-order valence-electron chi connectivity index (χ3n) is 3.51. The molecule has 1 unspecified atom stereocenters. The SMILES string of the molecule is Cc1cccc(OCC(O)CNC(=O)Cc2cccc(C(=O)O)c2)c1. The standard InChI is InChI=1S/C19H21NO5/c1-13-4-2-7-17(8-13)25-12-16(21)11-20-18(22)10-14-5-3-6-15(9-14)19(23)24/h2-9,16,21H,10-12H2,1H3,(H,20,22)(H,23,24). The first-order valence-electron chi connectivity index (χ1n) is 7.90. The molecule has 3 N–H and O–H groups in total. The molecule has 6 heteroatoms. The number of amides is 1. The van der Waals surface area contributed by atoms with E-state index >= 15 is 0 Å². The van der Waals surface area contributed by atoms with Crippen LogP contribution in [-0.2, 0) is 11.2 Å². The van der Waals surface area contributed by atoms with Crippen molar-refractivity contribution in [1.82, 2.24) is 5.32 Å². The van der Waals surface area contributed by atoms with Crippen molar-refractivity contribution in [3.63, 3.8) is 0 Å². The van der Waals surface area contributed by atoms with Gasteiger partial charge in [0, 0.05) is 6.54 Å². The lowest BCUT2D eigenvalue weighted by atomic mass is 10.1. The number of aliphatic hydroxyl groups excluding tert-OH is 1. The van der Waals surface area contributed by atoms with E-state index in [2.05, 4.69) is 5.32 Å². The average molecular weight is 343 g/mol. The first kappa shape index (κ1) is 18.5. The Morgan fingerprint density at radius 3 is 2.64 bits per heavy atom. The summed E-state index contributed by atoms with van der Waals surface area (Å²) in [5, 5.41) is 21.4. The maximum atomic E-state index is 11.9. The first-order valence-corrected chi connectivity index (χ1v) is 7.90. The molecular formula is C19H21NO5. The van der Waals surface area contributed by atoms with Crippen molar-refractivity contribution in [2.75, 3.05) is 13.2 Å². The van der Waals surface area contributed by atoms with E-state index < -0.39 is 12.1 Å². The molecule has 0 radical (unpaired) electrons. The van der Waals surface area contributed by atoms with Crippen LogP contribution >= 0.6 is 0 Å². The Balaban J connectivity index is 1.75. The maximum Gasteiger partial charge on any atom is 0.335 e. The largest absolute Gasteiger partial charge is 0.491 e. The lowest BCUT2D eigenvalue weighted by Crippen LogP contribution is -2.36. The quantitative estimate of drug-likeness (QED) is 0.679. The highest BCUT2D eigenvalue weighted by Gasteiger charge is 2.10. The Kier molecular flexibility index (Phi) is 6.54. The van der Waals surface area contributed by atoms with Gasteiger partial charge in [0.15, 0.2) is 0 Å². The van der Waals surface area contributed by atoms with Gasteiger partial charge in [-0.05, 0) is 42.3 Å². The third kappa shape index (κ3) is 6.27. The molecule has 132 valence electrons. The van der Waals surface area contributed by atoms with Gasteiger partial charge in [-0.15, -0.1) is 0 Å². The van der Waals surface area contributed by atoms with Crippen LogP contribution in [0.1, 0.15) is 21.5 Å². The van der Waals surface area contributed by atoms with Crippen LogP contribution < -0.4 is 10.1 Å². The van der Waals surface area contributed by atoms with Gasteiger partial charge in [0.25, 0.3) is 0 Å². The molecule has 25 heavy (non-hydrogen) atoms. The van der Waals surface area contributed by atoms with Gasteiger partial charge in [0.05, 0.1) is 12.0 Å². The van der Waals surface area contributed by atoms with Crippen molar-refractivity contribution in [2.24, 2.45) is 0 Å². The number of rotatable bonds is 8. The lowest BCUT2D eigenvalue weighted by Gasteiger charge is -2.13. The molecule has 2 rings (SSSR count). The molecule has 0 fully saturated rings. The van der Waals surface area contributed by atoms with E-state index in [4.69, 9.17) is 9.84 Å². The highest BCUT2D eigenvalue weighted by molar-refractivity contribution is 5.88. The summed E-state index contributed by atoms with van der Waals surface area (Å²) in [4.78, 5) is 22.8. The van der Waals surface area contributed by atoms with Gasteiger partial charge in [-0.3, -0.25) is 4.79 Å². The monoisotopic (exact) mass is 343 g/mol. The van der Waals surface area contributed by atoms with Gasteiger partial charge in [0.1, 0.15) is 18.5 Å². The molecule has 2 aromatic rings. The summed E-state index contributed by atoms with van der Waals surface area (Å²) in [6.45, 7) is 2.07. The van der Waals surface area contributed by atoms with E-state index in [1.165, 1.54) is 12.1 Å². The second-order valence-corrected chi connectivity index (χ2v) is 5.77. The fourth-order valence-corrected chi connectivity index (χ4v) is 2.25. The number of aryl methyl sites for hydroxylation is 1. The van der Waals surface area contributed by atoms with Crippen LogP contribution in [0.15, 0.2) is 48.5 Å². The number of ether oxygens (including phenoxy) is 1. The zero-order valence-electron chi connectivity index (χ0n) is 13.9. The van der Waals surface area contributed by atoms with E-state index in [1.54, 1.807) is 18.2 Å². The summed E-state index contributed by atoms with van der Waals surface area (Å²) in [5.41, 5.74) is 1.80. The van der Waals surface area contributed by atoms with Gasteiger partial charge < -0.3 is 20.3 Å². The third-order valence-corrected chi connectivity index (χ3v) is 3.51. The number of benzene rings is 2. The van der Waals surface area contributed by atoms with Crippen molar-refractivity contribution in [3.8, 4) is 5.75 Å². The van der Waals surface area contributed by atoms with Crippen LogP contribution in [-0.4, -0.2) is 41.3 Å². The summed E-state index contributed by atoms with van der Waals surface area (Å²) in [6.07, 6.45) is -0.790. The summed E-state index contributed by atoms with van der Waals surface area (Å²) in [5.74, 6) is -0.668. The van der Waals surface area contributed by atoms with Crippen LogP contribution in [0.4, 0.5) is 0 Å². The van der Waals surface area contributed by atoms with E-state index in [0.717, 1.165) is 5.56 Å². The van der Waals surface area contributed by atoms with Crippen molar-refractivity contribution in [2.45, 2.75) is 19.4 Å². The molecule has 2 aromatic carbocycles. The van der Waals surface area contributed by atoms with Crippen molar-refractivity contribution < 1.29 is 24.5 Å². The van der Waals surface area contributed by atoms with Gasteiger partial charge in [0.2, 0.25) is 5.91 Å². The molecule has 0 saturated heterocycles. The summed E-state index contributed by atoms with van der Waals surface area (Å²) >= 11 is 0. The van der Waals surface area contributed by atoms with Crippen molar-refractivity contribution >= 4 is 11.9 Å². The predicted octanol–water partition coefficient (Wildman–Crippen LogP) is 1.79. The van der Waals surface area contributed by atoms with Gasteiger partial charge in [-0.2, -0.15) is 0 Å². The number of hydrogen-bond donors (Lipinski definition) is 3. The molecule has 0 aromatic heterocycles. The topological polar surface area (TPSA) is 95.9 Å². The van der Waals surface area contributed by atoms with Crippen LogP contribution in [0.3, 0.4) is 0 Å². The van der Waals surface area contributed by atoms with Crippen molar-refractivity contribution in [3.05, 3.63) is 65.2 Å². The Hall–Kier alpha value is -2.86. The molecule has 0 heterocycles. The second kappa shape index (κ2) is 8.84. The van der Waals surface area contributed by atoms with Crippen LogP contribution in [0.25, 0.3) is 0 Å². The number of carboxylic acids is 1. The number of aliphatic hydroxyl groups is 1. The summed E-state index contributed by atoms with van der Waals surface area (Å²) < 4.78 is 5.47. The molecule has 1 amide bonds. The minimum Gasteiger partial charge on any atom is -0.491 e. The Bertz CT molecular complexity index is 744. The van der Waals surface area contributed by atoms with Gasteiger partial charge in [-0.25, -0.2) is 4.79 Å². The number of nitrogens with one attached hydrogen (secondary N) is 1. The normalized spacial score (nSPS) is 11.6. The number of aromatic carboxylic acids is 1. The number of carboxylic acid groups (broad SMARTS) is 1. The zero-order chi connectivity index (χ0) is 18.2. The molecule has 1 atom stereocenters. The lowest BCUT2D eigenvalue weighted by molar-refractivity contribution is -0.121. The average Bonchev–Trinajstić information content (AvgIpc) is 2.58. The summed E-state index contributed by atoms with van der Waals surface area (Å²) in [7, 11) is 0. The molecule has 0 aliphatic carbocycles. The maximum absolute atomic E-state index is 11.9. The fraction of sp³-hybridized carbons (Fsp3) is 0.263. The minimum absolute atomic E-state index is 0.0482. The van der Waals surface area contributed by atoms with Gasteiger partial charge >= 0.3 is 5.97 Å². The summed E-state index contributed by atoms with van der Waals surface area (Å²) in [6, 6.07) is 13.7. The Morgan fingerprint density at radius 2 is 1.92 bits per heavy atom. The minimum atomic E-state index is -1.04. The number of carbonyl (C=O) groups excluding carboxylic acids is 1. The predicted molar refractivity (Wildman–Crippen MR) is 92.8 cm³/mol. The van der Waals surface area contributed by atoms with Crippen LogP contribution in [0.5, 0.6) is 5.75 Å². The van der Waals surface area contributed by atoms with E-state index in [-0.39, 0.29) is 31.0 Å². The van der Waals surface area contributed by atoms with Crippen LogP contribution in [0, 0.1) is 6.92 Å². The fourth-order valence-electron chi connectivity index (χ4n) is 2.25. The number of hydrogen-bond acceptors (Lipinski definition) is 4. The molecule has 0 spiro atoms. The first-order chi connectivity index (χ1) is 11.9. The number of carbonyl (C=O) groups is 2. The molecule has 0 aliphatic rings. The highest BCUT2D eigenvalue weighted by atomic mass is 16.5. The molecule has 0 saturated carbocycles. The zero-order valence-corrected chi connectivity index (χ0v) is 13.9. The Morgan fingerprint density at radius 1 is 1.16 bits per heavy atom. The molecule has 6 nitrogen and oxygen atoms in total. The highest BCUT2D eigenvalue weighted by Crippen LogP contribution is 2.12. The Labute approximate surface area is 146 Å². The molecule has 0 aliphatic heterocycles. The van der Waals surface area contributed by atoms with E-state index in [9.17, 15) is 14.7 Å². The smallest absolute Gasteiger partial charge is 0.335 e. The van der Waals surface area contributed by atoms with Crippen LogP contribution in [0.2, 0.25) is 0 Å². The van der Waals surface area contributed by atoms with Crippen molar-refractivity contribution in [1.29, 1.82) is 0 Å². The van der Waals surface area contributed by atoms with E-state index in [1.807, 2.05) is 25.1 Å².